The molecular formula is C15H23N3O. The van der Waals surface area contributed by atoms with Crippen LogP contribution in [0, 0.1) is 0 Å². The maximum Gasteiger partial charge on any atom is 0.232 e. The standard InChI is InChI=1S/C15H23N3O/c1-15(2,10-17-3)18-13-5-4-11(6-7-16)8-12(13)9-14(18)19/h4-5,8,17H,6-7,9-10,16H2,1-3H3. The molecule has 1 aliphatic heterocycles. The highest BCUT2D eigenvalue weighted by molar-refractivity contribution is 6.02. The van der Waals surface area contributed by atoms with Gasteiger partial charge in [-0.25, -0.2) is 0 Å². The lowest BCUT2D eigenvalue weighted by Gasteiger charge is -2.36. The van der Waals surface area contributed by atoms with Gasteiger partial charge in [-0.3, -0.25) is 4.79 Å². The molecule has 4 heteroatoms. The second-order valence-corrected chi connectivity index (χ2v) is 5.75. The summed E-state index contributed by atoms with van der Waals surface area (Å²) >= 11 is 0. The van der Waals surface area contributed by atoms with Crippen LogP contribution in [-0.2, 0) is 17.6 Å². The number of fused-ring (bicyclic) bond motifs is 1. The van der Waals surface area contributed by atoms with E-state index in [2.05, 4.69) is 37.4 Å². The highest BCUT2D eigenvalue weighted by Gasteiger charge is 2.37. The van der Waals surface area contributed by atoms with E-state index in [0.717, 1.165) is 24.2 Å². The molecule has 0 fully saturated rings. The van der Waals surface area contributed by atoms with Gasteiger partial charge in [0.25, 0.3) is 0 Å². The Kier molecular flexibility index (Phi) is 3.92. The summed E-state index contributed by atoms with van der Waals surface area (Å²) in [6, 6.07) is 6.25. The zero-order valence-corrected chi connectivity index (χ0v) is 12.0. The van der Waals surface area contributed by atoms with Crippen molar-refractivity contribution >= 4 is 11.6 Å². The second kappa shape index (κ2) is 5.31. The van der Waals surface area contributed by atoms with E-state index < -0.39 is 0 Å². The molecule has 0 aliphatic carbocycles. The normalized spacial score (nSPS) is 14.9. The van der Waals surface area contributed by atoms with Gasteiger partial charge in [0.15, 0.2) is 0 Å². The van der Waals surface area contributed by atoms with Crippen molar-refractivity contribution in [1.29, 1.82) is 0 Å². The highest BCUT2D eigenvalue weighted by atomic mass is 16.2. The van der Waals surface area contributed by atoms with Crippen molar-refractivity contribution in [3.8, 4) is 0 Å². The number of nitrogens with one attached hydrogen (secondary N) is 1. The third kappa shape index (κ3) is 2.65. The Hall–Kier alpha value is -1.39. The number of carbonyl (C=O) groups excluding carboxylic acids is 1. The van der Waals surface area contributed by atoms with E-state index in [-0.39, 0.29) is 11.4 Å². The van der Waals surface area contributed by atoms with Crippen molar-refractivity contribution in [1.82, 2.24) is 5.32 Å². The summed E-state index contributed by atoms with van der Waals surface area (Å²) in [5, 5.41) is 3.16. The molecule has 0 unspecified atom stereocenters. The van der Waals surface area contributed by atoms with Gasteiger partial charge in [0.2, 0.25) is 5.91 Å². The van der Waals surface area contributed by atoms with Crippen LogP contribution >= 0.6 is 0 Å². The van der Waals surface area contributed by atoms with Gasteiger partial charge in [-0.05, 0) is 51.1 Å². The van der Waals surface area contributed by atoms with E-state index in [1.54, 1.807) is 0 Å². The third-order valence-electron chi connectivity index (χ3n) is 3.62. The van der Waals surface area contributed by atoms with Crippen LogP contribution in [0.4, 0.5) is 5.69 Å². The van der Waals surface area contributed by atoms with Gasteiger partial charge >= 0.3 is 0 Å². The first kappa shape index (κ1) is 14.0. The Morgan fingerprint density at radius 1 is 1.42 bits per heavy atom. The Bertz CT molecular complexity index is 482. The molecule has 19 heavy (non-hydrogen) atoms. The van der Waals surface area contributed by atoms with Crippen LogP contribution in [0.15, 0.2) is 18.2 Å². The number of nitrogens with two attached hydrogens (primary N) is 1. The number of likely N-dealkylation sites (N-methyl/N-ethyl adjacent to an activating group) is 1. The van der Waals surface area contributed by atoms with E-state index in [1.807, 2.05) is 11.9 Å². The molecule has 1 aliphatic rings. The predicted molar refractivity (Wildman–Crippen MR) is 78.4 cm³/mol. The molecule has 1 heterocycles. The molecule has 0 saturated carbocycles. The summed E-state index contributed by atoms with van der Waals surface area (Å²) < 4.78 is 0. The van der Waals surface area contributed by atoms with Gasteiger partial charge < -0.3 is 16.0 Å². The van der Waals surface area contributed by atoms with Crippen LogP contribution in [-0.4, -0.2) is 31.6 Å². The summed E-state index contributed by atoms with van der Waals surface area (Å²) in [7, 11) is 1.91. The molecule has 0 aromatic heterocycles. The molecule has 1 aromatic rings. The van der Waals surface area contributed by atoms with Gasteiger partial charge in [0, 0.05) is 12.2 Å². The molecule has 2 rings (SSSR count). The van der Waals surface area contributed by atoms with Crippen molar-refractivity contribution in [3.05, 3.63) is 29.3 Å². The second-order valence-electron chi connectivity index (χ2n) is 5.75. The first-order valence-electron chi connectivity index (χ1n) is 6.79. The minimum absolute atomic E-state index is 0.181. The molecule has 3 N–H and O–H groups in total. The fraction of sp³-hybridized carbons (Fsp3) is 0.533. The molecule has 1 aromatic carbocycles. The number of hydrogen-bond acceptors (Lipinski definition) is 3. The molecular weight excluding hydrogens is 238 g/mol. The Morgan fingerprint density at radius 3 is 2.79 bits per heavy atom. The molecule has 0 radical (unpaired) electrons. The SMILES string of the molecule is CNCC(C)(C)N1C(=O)Cc2cc(CCN)ccc21. The van der Waals surface area contributed by atoms with E-state index in [0.29, 0.717) is 13.0 Å². The monoisotopic (exact) mass is 261 g/mol. The molecule has 1 amide bonds. The lowest BCUT2D eigenvalue weighted by Crippen LogP contribution is -2.51. The average molecular weight is 261 g/mol. The van der Waals surface area contributed by atoms with Crippen LogP contribution in [0.1, 0.15) is 25.0 Å². The largest absolute Gasteiger partial charge is 0.330 e. The average Bonchev–Trinajstić information content (AvgIpc) is 2.65. The van der Waals surface area contributed by atoms with Gasteiger partial charge in [0.1, 0.15) is 0 Å². The summed E-state index contributed by atoms with van der Waals surface area (Å²) in [5.41, 5.74) is 8.75. The van der Waals surface area contributed by atoms with Gasteiger partial charge in [0.05, 0.1) is 12.0 Å². The molecule has 4 nitrogen and oxygen atoms in total. The number of carbonyl (C=O) groups is 1. The van der Waals surface area contributed by atoms with E-state index >= 15 is 0 Å². The zero-order chi connectivity index (χ0) is 14.0. The van der Waals surface area contributed by atoms with Gasteiger partial charge in [-0.15, -0.1) is 0 Å². The van der Waals surface area contributed by atoms with Gasteiger partial charge in [-0.2, -0.15) is 0 Å². The zero-order valence-electron chi connectivity index (χ0n) is 12.0. The quantitative estimate of drug-likeness (QED) is 0.833. The van der Waals surface area contributed by atoms with Crippen LogP contribution < -0.4 is 16.0 Å². The van der Waals surface area contributed by atoms with Gasteiger partial charge in [-0.1, -0.05) is 12.1 Å². The first-order chi connectivity index (χ1) is 8.99. The van der Waals surface area contributed by atoms with Crippen molar-refractivity contribution in [2.45, 2.75) is 32.2 Å². The minimum Gasteiger partial charge on any atom is -0.330 e. The number of amides is 1. The fourth-order valence-electron chi connectivity index (χ4n) is 2.87. The first-order valence-corrected chi connectivity index (χ1v) is 6.79. The maximum absolute atomic E-state index is 12.3. The Morgan fingerprint density at radius 2 is 2.16 bits per heavy atom. The molecule has 0 spiro atoms. The molecule has 0 saturated heterocycles. The van der Waals surface area contributed by atoms with Crippen molar-refractivity contribution in [3.63, 3.8) is 0 Å². The van der Waals surface area contributed by atoms with Crippen LogP contribution in [0.3, 0.4) is 0 Å². The summed E-state index contributed by atoms with van der Waals surface area (Å²) in [6.45, 7) is 5.58. The lowest BCUT2D eigenvalue weighted by molar-refractivity contribution is -0.118. The number of anilines is 1. The van der Waals surface area contributed by atoms with E-state index in [1.165, 1.54) is 5.56 Å². The number of hydrogen-bond donors (Lipinski definition) is 2. The maximum atomic E-state index is 12.3. The molecule has 0 atom stereocenters. The lowest BCUT2D eigenvalue weighted by atomic mass is 10.0. The van der Waals surface area contributed by atoms with Crippen LogP contribution in [0.25, 0.3) is 0 Å². The van der Waals surface area contributed by atoms with Crippen molar-refractivity contribution in [2.24, 2.45) is 5.73 Å². The van der Waals surface area contributed by atoms with Crippen LogP contribution in [0.5, 0.6) is 0 Å². The number of benzene rings is 1. The molecule has 0 bridgehead atoms. The van der Waals surface area contributed by atoms with Crippen molar-refractivity contribution in [2.75, 3.05) is 25.0 Å². The minimum atomic E-state index is -0.216. The van der Waals surface area contributed by atoms with Crippen LogP contribution in [0.2, 0.25) is 0 Å². The number of rotatable bonds is 5. The van der Waals surface area contributed by atoms with E-state index in [4.69, 9.17) is 5.73 Å². The smallest absolute Gasteiger partial charge is 0.232 e. The fourth-order valence-corrected chi connectivity index (χ4v) is 2.87. The Labute approximate surface area is 115 Å². The predicted octanol–water partition coefficient (Wildman–Crippen LogP) is 1.07. The highest BCUT2D eigenvalue weighted by Crippen LogP contribution is 2.35. The Balaban J connectivity index is 2.34. The molecule has 104 valence electrons. The number of nitrogens with zero attached hydrogens (tertiary/aromatic N) is 1. The third-order valence-corrected chi connectivity index (χ3v) is 3.62. The topological polar surface area (TPSA) is 58.4 Å². The van der Waals surface area contributed by atoms with E-state index in [9.17, 15) is 4.79 Å². The van der Waals surface area contributed by atoms with Crippen molar-refractivity contribution < 1.29 is 4.79 Å². The summed E-state index contributed by atoms with van der Waals surface area (Å²) in [5.74, 6) is 0.181. The summed E-state index contributed by atoms with van der Waals surface area (Å²) in [4.78, 5) is 14.2. The summed E-state index contributed by atoms with van der Waals surface area (Å²) in [6.07, 6.45) is 1.36.